The Morgan fingerprint density at radius 3 is 1.38 bits per heavy atom. The Labute approximate surface area is 279 Å². The molecule has 0 radical (unpaired) electrons. The number of hydrogen-bond acceptors (Lipinski definition) is 3. The number of carbonyl (C=O) groups is 2. The van der Waals surface area contributed by atoms with E-state index >= 15 is 0 Å². The molecular formula is C41H72O4. The number of hydrogen-bond donors (Lipinski definition) is 1. The van der Waals surface area contributed by atoms with Gasteiger partial charge in [0.2, 0.25) is 0 Å². The van der Waals surface area contributed by atoms with Crippen molar-refractivity contribution in [1.29, 1.82) is 0 Å². The van der Waals surface area contributed by atoms with E-state index in [1.54, 1.807) is 0 Å². The first-order valence-electron chi connectivity index (χ1n) is 19.1. The summed E-state index contributed by atoms with van der Waals surface area (Å²) >= 11 is 0. The minimum atomic E-state index is -0.749. The molecule has 45 heavy (non-hydrogen) atoms. The summed E-state index contributed by atoms with van der Waals surface area (Å²) in [5, 5.41) is 8.86. The maximum absolute atomic E-state index is 12.5. The summed E-state index contributed by atoms with van der Waals surface area (Å²) in [7, 11) is 0. The van der Waals surface area contributed by atoms with Gasteiger partial charge in [0.05, 0.1) is 0 Å². The van der Waals surface area contributed by atoms with Crippen LogP contribution >= 0.6 is 0 Å². The monoisotopic (exact) mass is 629 g/mol. The Kier molecular flexibility index (Phi) is 34.7. The van der Waals surface area contributed by atoms with Crippen molar-refractivity contribution in [2.75, 3.05) is 0 Å². The lowest BCUT2D eigenvalue weighted by atomic mass is 10.0. The fourth-order valence-electron chi connectivity index (χ4n) is 5.51. The quantitative estimate of drug-likeness (QED) is 0.0437. The third kappa shape index (κ3) is 36.2. The standard InChI is InChI=1S/C41H72O4/c1-3-5-7-9-11-13-15-16-17-18-19-20-21-23-25-27-29-34-38-41(44)45-39(36-32-30-33-37-40(42)43)35-31-28-26-24-22-14-12-10-8-6-4-2/h6,8,12,14,24,26,31,35,39H,3-5,7,9-11,13,15-23,25,27-30,32-34,36-38H2,1-2H3,(H,42,43)/b8-6-,14-12-,26-24-,35-31-. The van der Waals surface area contributed by atoms with Crippen LogP contribution in [0.3, 0.4) is 0 Å². The molecule has 0 bridgehead atoms. The summed E-state index contributed by atoms with van der Waals surface area (Å²) in [5.41, 5.74) is 0. The number of carbonyl (C=O) groups excluding carboxylic acids is 1. The fraction of sp³-hybridized carbons (Fsp3) is 0.756. The number of aliphatic carboxylic acids is 1. The molecule has 1 atom stereocenters. The topological polar surface area (TPSA) is 63.6 Å². The molecule has 260 valence electrons. The van der Waals surface area contributed by atoms with Gasteiger partial charge in [-0.2, -0.15) is 0 Å². The average molecular weight is 629 g/mol. The molecule has 0 heterocycles. The van der Waals surface area contributed by atoms with Crippen molar-refractivity contribution in [2.24, 2.45) is 0 Å². The Balaban J connectivity index is 3.99. The van der Waals surface area contributed by atoms with Crippen molar-refractivity contribution >= 4 is 11.9 Å². The van der Waals surface area contributed by atoms with Gasteiger partial charge < -0.3 is 9.84 Å². The molecule has 0 saturated heterocycles. The SMILES string of the molecule is CC/C=C\C/C=C\C/C=C\C/C=C\C(CCCCCC(=O)O)OC(=O)CCCCCCCCCCCCCCCCCCCC. The highest BCUT2D eigenvalue weighted by molar-refractivity contribution is 5.69. The van der Waals surface area contributed by atoms with Gasteiger partial charge in [0.15, 0.2) is 0 Å². The van der Waals surface area contributed by atoms with Gasteiger partial charge in [-0.1, -0.05) is 172 Å². The number of carboxylic acid groups (broad SMARTS) is 1. The van der Waals surface area contributed by atoms with Crippen LogP contribution in [0.2, 0.25) is 0 Å². The minimum absolute atomic E-state index is 0.107. The van der Waals surface area contributed by atoms with Crippen LogP contribution in [0.5, 0.6) is 0 Å². The van der Waals surface area contributed by atoms with Crippen molar-refractivity contribution in [1.82, 2.24) is 0 Å². The first kappa shape index (κ1) is 42.9. The largest absolute Gasteiger partial charge is 0.481 e. The second-order valence-corrected chi connectivity index (χ2v) is 12.7. The molecule has 4 heteroatoms. The van der Waals surface area contributed by atoms with Gasteiger partial charge in [0.1, 0.15) is 6.10 Å². The number of ether oxygens (including phenoxy) is 1. The van der Waals surface area contributed by atoms with Crippen LogP contribution in [0.1, 0.15) is 194 Å². The molecule has 0 saturated carbocycles. The third-order valence-electron chi connectivity index (χ3n) is 8.30. The number of rotatable bonds is 34. The number of allylic oxidation sites excluding steroid dienone is 7. The minimum Gasteiger partial charge on any atom is -0.481 e. The molecule has 0 fully saturated rings. The third-order valence-corrected chi connectivity index (χ3v) is 8.30. The first-order chi connectivity index (χ1) is 22.1. The molecule has 0 rings (SSSR count). The lowest BCUT2D eigenvalue weighted by Gasteiger charge is -2.14. The van der Waals surface area contributed by atoms with Crippen LogP contribution in [0, 0.1) is 0 Å². The van der Waals surface area contributed by atoms with E-state index in [2.05, 4.69) is 56.4 Å². The molecule has 1 N–H and O–H groups in total. The maximum atomic E-state index is 12.5. The van der Waals surface area contributed by atoms with E-state index in [0.29, 0.717) is 12.8 Å². The highest BCUT2D eigenvalue weighted by Crippen LogP contribution is 2.16. The van der Waals surface area contributed by atoms with E-state index in [1.165, 1.54) is 103 Å². The van der Waals surface area contributed by atoms with Crippen LogP contribution in [0.4, 0.5) is 0 Å². The number of unbranched alkanes of at least 4 members (excludes halogenated alkanes) is 19. The van der Waals surface area contributed by atoms with Crippen molar-refractivity contribution in [3.8, 4) is 0 Å². The molecule has 4 nitrogen and oxygen atoms in total. The summed E-state index contributed by atoms with van der Waals surface area (Å²) in [6.07, 6.45) is 48.6. The predicted molar refractivity (Wildman–Crippen MR) is 195 cm³/mol. The van der Waals surface area contributed by atoms with E-state index in [1.807, 2.05) is 6.08 Å². The predicted octanol–water partition coefficient (Wildman–Crippen LogP) is 13.2. The van der Waals surface area contributed by atoms with Crippen LogP contribution in [-0.4, -0.2) is 23.1 Å². The van der Waals surface area contributed by atoms with Crippen molar-refractivity contribution < 1.29 is 19.4 Å². The summed E-state index contributed by atoms with van der Waals surface area (Å²) < 4.78 is 5.82. The lowest BCUT2D eigenvalue weighted by Crippen LogP contribution is -2.16. The van der Waals surface area contributed by atoms with Gasteiger partial charge in [-0.15, -0.1) is 0 Å². The molecule has 0 aromatic heterocycles. The van der Waals surface area contributed by atoms with Gasteiger partial charge in [-0.3, -0.25) is 9.59 Å². The van der Waals surface area contributed by atoms with Gasteiger partial charge in [-0.05, 0) is 57.4 Å². The van der Waals surface area contributed by atoms with E-state index in [0.717, 1.165) is 57.8 Å². The van der Waals surface area contributed by atoms with E-state index in [9.17, 15) is 9.59 Å². The van der Waals surface area contributed by atoms with Crippen LogP contribution in [0.15, 0.2) is 48.6 Å². The zero-order valence-corrected chi connectivity index (χ0v) is 29.7. The van der Waals surface area contributed by atoms with Gasteiger partial charge in [0.25, 0.3) is 0 Å². The summed E-state index contributed by atoms with van der Waals surface area (Å²) in [4.78, 5) is 23.3. The number of carboxylic acids is 1. The second kappa shape index (κ2) is 36.4. The van der Waals surface area contributed by atoms with E-state index in [4.69, 9.17) is 9.84 Å². The van der Waals surface area contributed by atoms with E-state index in [-0.39, 0.29) is 18.5 Å². The van der Waals surface area contributed by atoms with Crippen molar-refractivity contribution in [2.45, 2.75) is 200 Å². The molecular weight excluding hydrogens is 556 g/mol. The lowest BCUT2D eigenvalue weighted by molar-refractivity contribution is -0.147. The molecule has 0 aliphatic heterocycles. The molecule has 0 aromatic rings. The van der Waals surface area contributed by atoms with Crippen LogP contribution < -0.4 is 0 Å². The summed E-state index contributed by atoms with van der Waals surface area (Å²) in [6.45, 7) is 4.43. The Bertz CT molecular complexity index is 763. The Hall–Kier alpha value is -2.10. The Morgan fingerprint density at radius 1 is 0.511 bits per heavy atom. The highest BCUT2D eigenvalue weighted by atomic mass is 16.5. The molecule has 0 aliphatic rings. The molecule has 0 amide bonds. The molecule has 0 aliphatic carbocycles. The molecule has 0 aromatic carbocycles. The van der Waals surface area contributed by atoms with Gasteiger partial charge >= 0.3 is 11.9 Å². The maximum Gasteiger partial charge on any atom is 0.306 e. The molecule has 0 spiro atoms. The van der Waals surface area contributed by atoms with E-state index < -0.39 is 5.97 Å². The Morgan fingerprint density at radius 2 is 0.911 bits per heavy atom. The van der Waals surface area contributed by atoms with Crippen LogP contribution in [-0.2, 0) is 14.3 Å². The fourth-order valence-corrected chi connectivity index (χ4v) is 5.51. The zero-order valence-electron chi connectivity index (χ0n) is 29.7. The van der Waals surface area contributed by atoms with Crippen molar-refractivity contribution in [3.63, 3.8) is 0 Å². The van der Waals surface area contributed by atoms with Gasteiger partial charge in [0, 0.05) is 12.8 Å². The highest BCUT2D eigenvalue weighted by Gasteiger charge is 2.11. The smallest absolute Gasteiger partial charge is 0.306 e. The normalized spacial score (nSPS) is 12.8. The van der Waals surface area contributed by atoms with Crippen molar-refractivity contribution in [3.05, 3.63) is 48.6 Å². The average Bonchev–Trinajstić information content (AvgIpc) is 3.02. The van der Waals surface area contributed by atoms with Gasteiger partial charge in [-0.25, -0.2) is 0 Å². The second-order valence-electron chi connectivity index (χ2n) is 12.7. The number of esters is 1. The molecule has 1 unspecified atom stereocenters. The summed E-state index contributed by atoms with van der Waals surface area (Å²) in [5.74, 6) is -0.856. The summed E-state index contributed by atoms with van der Waals surface area (Å²) in [6, 6.07) is 0. The van der Waals surface area contributed by atoms with Crippen LogP contribution in [0.25, 0.3) is 0 Å². The zero-order chi connectivity index (χ0) is 32.9. The first-order valence-corrected chi connectivity index (χ1v) is 19.1.